The van der Waals surface area contributed by atoms with Gasteiger partial charge in [0.15, 0.2) is 12.2 Å². The largest absolute Gasteiger partial charge is 0.483 e. The topological polar surface area (TPSA) is 72.6 Å². The molecule has 0 atom stereocenters. The minimum Gasteiger partial charge on any atom is -0.483 e. The lowest BCUT2D eigenvalue weighted by atomic mass is 10.2. The van der Waals surface area contributed by atoms with E-state index >= 15 is 0 Å². The Morgan fingerprint density at radius 1 is 1.29 bits per heavy atom. The number of aromatic carboxylic acids is 1. The van der Waals surface area contributed by atoms with Crippen molar-refractivity contribution in [1.29, 1.82) is 0 Å². The van der Waals surface area contributed by atoms with E-state index in [1.54, 1.807) is 18.2 Å². The van der Waals surface area contributed by atoms with Gasteiger partial charge in [-0.15, -0.1) is 0 Å². The van der Waals surface area contributed by atoms with Gasteiger partial charge < -0.3 is 14.3 Å². The van der Waals surface area contributed by atoms with Crippen molar-refractivity contribution in [2.45, 2.75) is 6.61 Å². The molecular weight excluding hydrogens is 385 g/mol. The van der Waals surface area contributed by atoms with Crippen LogP contribution < -0.4 is 4.74 Å². The van der Waals surface area contributed by atoms with E-state index in [0.29, 0.717) is 17.2 Å². The summed E-state index contributed by atoms with van der Waals surface area (Å²) in [6, 6.07) is 12.4. The predicted octanol–water partition coefficient (Wildman–Crippen LogP) is 3.71. The van der Waals surface area contributed by atoms with Gasteiger partial charge in [0.25, 0.3) is 0 Å². The number of carbonyl (C=O) groups is 1. The molecule has 0 amide bonds. The van der Waals surface area contributed by atoms with Crippen molar-refractivity contribution in [2.75, 3.05) is 0 Å². The molecule has 0 aliphatic carbocycles. The third-order valence-corrected chi connectivity index (χ3v) is 3.53. The number of halogens is 1. The number of rotatable bonds is 4. The molecule has 0 aliphatic rings. The molecular formula is C15H10INO4. The minimum absolute atomic E-state index is 0.0789. The second-order valence-corrected chi connectivity index (χ2v) is 5.56. The molecule has 0 unspecified atom stereocenters. The molecule has 1 N–H and O–H groups in total. The quantitative estimate of drug-likeness (QED) is 0.682. The number of oxazole rings is 1. The highest BCUT2D eigenvalue weighted by molar-refractivity contribution is 14.1. The lowest BCUT2D eigenvalue weighted by Gasteiger charge is -2.07. The predicted molar refractivity (Wildman–Crippen MR) is 84.5 cm³/mol. The van der Waals surface area contributed by atoms with Gasteiger partial charge >= 0.3 is 5.97 Å². The lowest BCUT2D eigenvalue weighted by Crippen LogP contribution is -2.04. The van der Waals surface area contributed by atoms with Gasteiger partial charge in [-0.25, -0.2) is 9.78 Å². The van der Waals surface area contributed by atoms with Crippen molar-refractivity contribution in [1.82, 2.24) is 4.98 Å². The summed E-state index contributed by atoms with van der Waals surface area (Å²) in [6.45, 7) is 0.0789. The zero-order valence-electron chi connectivity index (χ0n) is 10.7. The Morgan fingerprint density at radius 2 is 2.10 bits per heavy atom. The summed E-state index contributed by atoms with van der Waals surface area (Å²) in [5.74, 6) is -0.322. The van der Waals surface area contributed by atoms with Gasteiger partial charge in [0, 0.05) is 3.57 Å². The third-order valence-electron chi connectivity index (χ3n) is 2.86. The van der Waals surface area contributed by atoms with E-state index in [4.69, 9.17) is 9.15 Å². The van der Waals surface area contributed by atoms with Crippen molar-refractivity contribution >= 4 is 39.7 Å². The number of fused-ring (bicyclic) bond motifs is 1. The molecule has 0 saturated carbocycles. The Kier molecular flexibility index (Phi) is 3.78. The molecule has 3 aromatic rings. The lowest BCUT2D eigenvalue weighted by molar-refractivity contribution is 0.0691. The van der Waals surface area contributed by atoms with E-state index in [9.17, 15) is 9.90 Å². The van der Waals surface area contributed by atoms with Crippen molar-refractivity contribution in [3.8, 4) is 5.75 Å². The highest BCUT2D eigenvalue weighted by Crippen LogP contribution is 2.23. The van der Waals surface area contributed by atoms with Crippen LogP contribution in [0.25, 0.3) is 11.1 Å². The van der Waals surface area contributed by atoms with Gasteiger partial charge in [-0.05, 0) is 52.9 Å². The first-order chi connectivity index (χ1) is 10.1. The zero-order valence-corrected chi connectivity index (χ0v) is 12.9. The second-order valence-electron chi connectivity index (χ2n) is 4.31. The van der Waals surface area contributed by atoms with Crippen LogP contribution in [0.2, 0.25) is 0 Å². The molecule has 6 heteroatoms. The van der Waals surface area contributed by atoms with Gasteiger partial charge in [-0.3, -0.25) is 0 Å². The Labute approximate surface area is 133 Å². The molecule has 1 heterocycles. The maximum atomic E-state index is 11.2. The number of hydrogen-bond acceptors (Lipinski definition) is 4. The molecule has 1 aromatic heterocycles. The summed E-state index contributed by atoms with van der Waals surface area (Å²) in [5.41, 5.74) is 1.55. The third kappa shape index (κ3) is 2.99. The number of nitrogens with zero attached hydrogens (tertiary/aromatic N) is 1. The average Bonchev–Trinajstić information content (AvgIpc) is 2.88. The molecule has 0 aliphatic heterocycles. The fourth-order valence-corrected chi connectivity index (χ4v) is 2.41. The number of carboxylic acids is 1. The molecule has 21 heavy (non-hydrogen) atoms. The highest BCUT2D eigenvalue weighted by atomic mass is 127. The molecule has 0 radical (unpaired) electrons. The smallest absolute Gasteiger partial charge is 0.339 e. The maximum absolute atomic E-state index is 11.2. The summed E-state index contributed by atoms with van der Waals surface area (Å²) >= 11 is 2.05. The Morgan fingerprint density at radius 3 is 2.86 bits per heavy atom. The van der Waals surface area contributed by atoms with E-state index < -0.39 is 5.97 Å². The van der Waals surface area contributed by atoms with E-state index in [1.165, 1.54) is 0 Å². The van der Waals surface area contributed by atoms with Crippen LogP contribution in [0.4, 0.5) is 0 Å². The van der Waals surface area contributed by atoms with Crippen molar-refractivity contribution < 1.29 is 19.1 Å². The molecule has 5 nitrogen and oxygen atoms in total. The van der Waals surface area contributed by atoms with Crippen LogP contribution in [-0.4, -0.2) is 16.1 Å². The molecule has 3 rings (SSSR count). The molecule has 0 bridgehead atoms. The van der Waals surface area contributed by atoms with Gasteiger partial charge in [0.1, 0.15) is 16.8 Å². The summed E-state index contributed by atoms with van der Waals surface area (Å²) in [4.78, 5) is 15.5. The number of ether oxygens (including phenoxy) is 1. The van der Waals surface area contributed by atoms with Gasteiger partial charge in [-0.2, -0.15) is 0 Å². The fourth-order valence-electron chi connectivity index (χ4n) is 1.92. The van der Waals surface area contributed by atoms with Crippen LogP contribution >= 0.6 is 22.6 Å². The Hall–Kier alpha value is -2.09. The first-order valence-corrected chi connectivity index (χ1v) is 7.21. The fraction of sp³-hybridized carbons (Fsp3) is 0.0667. The SMILES string of the molecule is O=C(O)c1cc(I)ccc1OCc1nc2ccccc2o1. The van der Waals surface area contributed by atoms with Crippen LogP contribution in [0.1, 0.15) is 16.2 Å². The average molecular weight is 395 g/mol. The molecule has 0 spiro atoms. The molecule has 106 valence electrons. The summed E-state index contributed by atoms with van der Waals surface area (Å²) in [7, 11) is 0. The summed E-state index contributed by atoms with van der Waals surface area (Å²) in [5, 5.41) is 9.18. The van der Waals surface area contributed by atoms with E-state index in [2.05, 4.69) is 27.6 Å². The van der Waals surface area contributed by atoms with E-state index in [1.807, 2.05) is 24.3 Å². The van der Waals surface area contributed by atoms with E-state index in [0.717, 1.165) is 9.09 Å². The van der Waals surface area contributed by atoms with Crippen molar-refractivity contribution in [2.24, 2.45) is 0 Å². The van der Waals surface area contributed by atoms with Gasteiger partial charge in [0.05, 0.1) is 0 Å². The summed E-state index contributed by atoms with van der Waals surface area (Å²) in [6.07, 6.45) is 0. The van der Waals surface area contributed by atoms with Crippen LogP contribution in [-0.2, 0) is 6.61 Å². The number of para-hydroxylation sites is 2. The Balaban J connectivity index is 1.83. The zero-order chi connectivity index (χ0) is 14.8. The first-order valence-electron chi connectivity index (χ1n) is 6.13. The number of hydrogen-bond donors (Lipinski definition) is 1. The Bertz CT molecular complexity index is 779. The van der Waals surface area contributed by atoms with Crippen LogP contribution in [0, 0.1) is 3.57 Å². The first kappa shape index (κ1) is 13.9. The maximum Gasteiger partial charge on any atom is 0.339 e. The highest BCUT2D eigenvalue weighted by Gasteiger charge is 2.13. The van der Waals surface area contributed by atoms with E-state index in [-0.39, 0.29) is 12.2 Å². The van der Waals surface area contributed by atoms with Crippen LogP contribution in [0.3, 0.4) is 0 Å². The number of benzene rings is 2. The van der Waals surface area contributed by atoms with Gasteiger partial charge in [0.2, 0.25) is 5.89 Å². The van der Waals surface area contributed by atoms with Crippen molar-refractivity contribution in [3.05, 3.63) is 57.5 Å². The van der Waals surface area contributed by atoms with Gasteiger partial charge in [-0.1, -0.05) is 12.1 Å². The van der Waals surface area contributed by atoms with Crippen molar-refractivity contribution in [3.63, 3.8) is 0 Å². The standard InChI is InChI=1S/C15H10INO4/c16-9-5-6-12(10(7-9)15(18)19)20-8-14-17-11-3-1-2-4-13(11)21-14/h1-7H,8H2,(H,18,19). The summed E-state index contributed by atoms with van der Waals surface area (Å²) < 4.78 is 11.9. The van der Waals surface area contributed by atoms with Crippen LogP contribution in [0.5, 0.6) is 5.75 Å². The minimum atomic E-state index is -1.03. The molecule has 0 saturated heterocycles. The number of aromatic nitrogens is 1. The monoisotopic (exact) mass is 395 g/mol. The normalized spacial score (nSPS) is 10.7. The second kappa shape index (κ2) is 5.72. The molecule has 0 fully saturated rings. The van der Waals surface area contributed by atoms with Crippen LogP contribution in [0.15, 0.2) is 46.9 Å². The molecule has 2 aromatic carbocycles. The number of carboxylic acid groups (broad SMARTS) is 1.